The Morgan fingerprint density at radius 3 is 3.28 bits per heavy atom. The van der Waals surface area contributed by atoms with E-state index in [1.165, 1.54) is 0 Å². The van der Waals surface area contributed by atoms with Gasteiger partial charge in [-0.3, -0.25) is 4.79 Å². The van der Waals surface area contributed by atoms with Crippen molar-refractivity contribution in [3.8, 4) is 0 Å². The van der Waals surface area contributed by atoms with Gasteiger partial charge in [0.25, 0.3) is 0 Å². The van der Waals surface area contributed by atoms with Crippen molar-refractivity contribution >= 4 is 5.91 Å². The topological polar surface area (TPSA) is 79.0 Å². The van der Waals surface area contributed by atoms with Crippen molar-refractivity contribution in [2.45, 2.75) is 25.3 Å². The molecule has 0 radical (unpaired) electrons. The van der Waals surface area contributed by atoms with Gasteiger partial charge in [-0.05, 0) is 6.42 Å². The van der Waals surface area contributed by atoms with E-state index < -0.39 is 0 Å². The molecule has 2 rings (SSSR count). The second-order valence-electron chi connectivity index (χ2n) is 4.42. The van der Waals surface area contributed by atoms with Crippen molar-refractivity contribution in [1.82, 2.24) is 20.6 Å². The highest BCUT2D eigenvalue weighted by atomic mass is 16.5. The molecule has 1 aliphatic heterocycles. The van der Waals surface area contributed by atoms with Crippen LogP contribution in [0.1, 0.15) is 18.7 Å². The van der Waals surface area contributed by atoms with Gasteiger partial charge in [0.15, 0.2) is 0 Å². The van der Waals surface area contributed by atoms with Crippen LogP contribution in [0.3, 0.4) is 0 Å². The predicted molar refractivity (Wildman–Crippen MR) is 67.1 cm³/mol. The summed E-state index contributed by atoms with van der Waals surface area (Å²) in [4.78, 5) is 18.8. The van der Waals surface area contributed by atoms with Gasteiger partial charge in [-0.2, -0.15) is 0 Å². The number of rotatable bonds is 6. The first-order chi connectivity index (χ1) is 8.84. The molecule has 6 nitrogen and oxygen atoms in total. The number of amides is 1. The first kappa shape index (κ1) is 13.0. The van der Waals surface area contributed by atoms with Gasteiger partial charge in [0.2, 0.25) is 5.91 Å². The fourth-order valence-electron chi connectivity index (χ4n) is 1.97. The van der Waals surface area contributed by atoms with Crippen LogP contribution in [0.4, 0.5) is 0 Å². The Labute approximate surface area is 107 Å². The monoisotopic (exact) mass is 252 g/mol. The lowest BCUT2D eigenvalue weighted by atomic mass is 10.2. The summed E-state index contributed by atoms with van der Waals surface area (Å²) in [6.45, 7) is 2.88. The third-order valence-corrected chi connectivity index (χ3v) is 2.90. The fraction of sp³-hybridized carbons (Fsp3) is 0.667. The molecule has 0 spiro atoms. The van der Waals surface area contributed by atoms with Gasteiger partial charge in [0.1, 0.15) is 5.82 Å². The van der Waals surface area contributed by atoms with Crippen molar-refractivity contribution in [2.75, 3.05) is 26.3 Å². The van der Waals surface area contributed by atoms with Crippen LogP contribution in [-0.2, 0) is 16.0 Å². The van der Waals surface area contributed by atoms with Gasteiger partial charge in [0, 0.05) is 44.4 Å². The van der Waals surface area contributed by atoms with Crippen LogP contribution in [0.2, 0.25) is 0 Å². The van der Waals surface area contributed by atoms with Gasteiger partial charge in [-0.15, -0.1) is 0 Å². The Morgan fingerprint density at radius 2 is 2.56 bits per heavy atom. The molecule has 1 aromatic heterocycles. The lowest BCUT2D eigenvalue weighted by Gasteiger charge is -2.23. The Hall–Kier alpha value is -1.40. The second kappa shape index (κ2) is 7.13. The molecule has 0 bridgehead atoms. The number of carbonyl (C=O) groups is 1. The molecule has 6 heteroatoms. The Kier molecular flexibility index (Phi) is 5.16. The molecular formula is C12H20N4O2. The summed E-state index contributed by atoms with van der Waals surface area (Å²) in [6, 6.07) is 0.156. The van der Waals surface area contributed by atoms with Crippen LogP contribution in [0, 0.1) is 0 Å². The number of H-pyrrole nitrogens is 1. The lowest BCUT2D eigenvalue weighted by molar-refractivity contribution is -0.122. The van der Waals surface area contributed by atoms with Crippen molar-refractivity contribution in [3.63, 3.8) is 0 Å². The van der Waals surface area contributed by atoms with Gasteiger partial charge < -0.3 is 20.4 Å². The molecule has 1 fully saturated rings. The van der Waals surface area contributed by atoms with E-state index in [0.29, 0.717) is 19.6 Å². The van der Waals surface area contributed by atoms with E-state index in [4.69, 9.17) is 4.74 Å². The number of imidazole rings is 1. The molecule has 0 saturated carbocycles. The van der Waals surface area contributed by atoms with E-state index in [1.54, 1.807) is 6.20 Å². The zero-order valence-corrected chi connectivity index (χ0v) is 10.4. The summed E-state index contributed by atoms with van der Waals surface area (Å²) in [5, 5.41) is 6.18. The van der Waals surface area contributed by atoms with Gasteiger partial charge in [-0.1, -0.05) is 0 Å². The highest BCUT2D eigenvalue weighted by molar-refractivity contribution is 5.76. The molecule has 1 aliphatic rings. The molecule has 1 unspecified atom stereocenters. The summed E-state index contributed by atoms with van der Waals surface area (Å²) in [5.41, 5.74) is 0. The maximum Gasteiger partial charge on any atom is 0.221 e. The molecule has 0 aliphatic carbocycles. The highest BCUT2D eigenvalue weighted by Crippen LogP contribution is 1.98. The maximum atomic E-state index is 11.6. The SMILES string of the molecule is O=C(CC1COCCN1)NCCCc1ncc[nH]1. The van der Waals surface area contributed by atoms with Crippen LogP contribution < -0.4 is 10.6 Å². The first-order valence-electron chi connectivity index (χ1n) is 6.40. The van der Waals surface area contributed by atoms with E-state index >= 15 is 0 Å². The molecular weight excluding hydrogens is 232 g/mol. The van der Waals surface area contributed by atoms with E-state index in [-0.39, 0.29) is 11.9 Å². The van der Waals surface area contributed by atoms with E-state index in [1.807, 2.05) is 6.20 Å². The Balaban J connectivity index is 1.54. The maximum absolute atomic E-state index is 11.6. The predicted octanol–water partition coefficient (Wildman–Crippen LogP) is -0.163. The number of hydrogen-bond acceptors (Lipinski definition) is 4. The summed E-state index contributed by atoms with van der Waals surface area (Å²) in [7, 11) is 0. The van der Waals surface area contributed by atoms with E-state index in [2.05, 4.69) is 20.6 Å². The summed E-state index contributed by atoms with van der Waals surface area (Å²) in [5.74, 6) is 1.05. The average Bonchev–Trinajstić information content (AvgIpc) is 2.89. The number of morpholine rings is 1. The fourth-order valence-corrected chi connectivity index (χ4v) is 1.97. The van der Waals surface area contributed by atoms with Gasteiger partial charge in [0.05, 0.1) is 13.2 Å². The number of aromatic amines is 1. The molecule has 1 atom stereocenters. The number of aryl methyl sites for hydroxylation is 1. The Bertz CT molecular complexity index is 347. The van der Waals surface area contributed by atoms with Crippen LogP contribution in [0.15, 0.2) is 12.4 Å². The molecule has 3 N–H and O–H groups in total. The number of hydrogen-bond donors (Lipinski definition) is 3. The minimum Gasteiger partial charge on any atom is -0.378 e. The van der Waals surface area contributed by atoms with Crippen LogP contribution in [0.5, 0.6) is 0 Å². The van der Waals surface area contributed by atoms with Gasteiger partial charge >= 0.3 is 0 Å². The smallest absolute Gasteiger partial charge is 0.221 e. The van der Waals surface area contributed by atoms with Crippen molar-refractivity contribution < 1.29 is 9.53 Å². The average molecular weight is 252 g/mol. The lowest BCUT2D eigenvalue weighted by Crippen LogP contribution is -2.44. The zero-order valence-electron chi connectivity index (χ0n) is 10.4. The molecule has 1 amide bonds. The third-order valence-electron chi connectivity index (χ3n) is 2.90. The van der Waals surface area contributed by atoms with Crippen molar-refractivity contribution in [1.29, 1.82) is 0 Å². The highest BCUT2D eigenvalue weighted by Gasteiger charge is 2.16. The number of carbonyl (C=O) groups excluding carboxylic acids is 1. The second-order valence-corrected chi connectivity index (χ2v) is 4.42. The number of nitrogens with one attached hydrogen (secondary N) is 3. The van der Waals surface area contributed by atoms with E-state index in [0.717, 1.165) is 31.8 Å². The minimum absolute atomic E-state index is 0.0810. The first-order valence-corrected chi connectivity index (χ1v) is 6.40. The third kappa shape index (κ3) is 4.46. The molecule has 0 aromatic carbocycles. The largest absolute Gasteiger partial charge is 0.378 e. The standard InChI is InChI=1S/C12H20N4O2/c17-12(8-10-9-18-7-6-13-10)16-3-1-2-11-14-4-5-15-11/h4-5,10,13H,1-3,6-9H2,(H,14,15)(H,16,17). The number of aromatic nitrogens is 2. The summed E-state index contributed by atoms with van der Waals surface area (Å²) in [6.07, 6.45) is 5.79. The summed E-state index contributed by atoms with van der Waals surface area (Å²) >= 11 is 0. The van der Waals surface area contributed by atoms with Gasteiger partial charge in [-0.25, -0.2) is 4.98 Å². The summed E-state index contributed by atoms with van der Waals surface area (Å²) < 4.78 is 5.30. The molecule has 1 saturated heterocycles. The zero-order chi connectivity index (χ0) is 12.6. The molecule has 1 aromatic rings. The van der Waals surface area contributed by atoms with E-state index in [9.17, 15) is 4.79 Å². The van der Waals surface area contributed by atoms with Crippen LogP contribution >= 0.6 is 0 Å². The number of ether oxygens (including phenoxy) is 1. The molecule has 100 valence electrons. The van der Waals surface area contributed by atoms with Crippen molar-refractivity contribution in [2.24, 2.45) is 0 Å². The quantitative estimate of drug-likeness (QED) is 0.615. The van der Waals surface area contributed by atoms with Crippen LogP contribution in [-0.4, -0.2) is 48.2 Å². The van der Waals surface area contributed by atoms with Crippen molar-refractivity contribution in [3.05, 3.63) is 18.2 Å². The Morgan fingerprint density at radius 1 is 1.61 bits per heavy atom. The number of nitrogens with zero attached hydrogens (tertiary/aromatic N) is 1. The molecule has 2 heterocycles. The van der Waals surface area contributed by atoms with Crippen LogP contribution in [0.25, 0.3) is 0 Å². The minimum atomic E-state index is 0.0810. The molecule has 18 heavy (non-hydrogen) atoms. The normalized spacial score (nSPS) is 19.7.